The Labute approximate surface area is 300 Å². The average molecular weight is 702 g/mol. The summed E-state index contributed by atoms with van der Waals surface area (Å²) in [6, 6.07) is 20.9. The lowest BCUT2D eigenvalue weighted by Gasteiger charge is -2.36. The number of ether oxygens (including phenoxy) is 2. The Morgan fingerprint density at radius 1 is 0.865 bits per heavy atom. The number of piperidine rings is 1. The van der Waals surface area contributed by atoms with Crippen LogP contribution in [0.3, 0.4) is 0 Å². The Balaban J connectivity index is 0.864. The lowest BCUT2D eigenvalue weighted by Crippen LogP contribution is -2.54. The molecule has 12 heteroatoms. The van der Waals surface area contributed by atoms with E-state index in [2.05, 4.69) is 57.0 Å². The number of nitrogens with zero attached hydrogens (tertiary/aromatic N) is 3. The van der Waals surface area contributed by atoms with Gasteiger partial charge in [-0.1, -0.05) is 37.1 Å². The van der Waals surface area contributed by atoms with Crippen LogP contribution in [0.5, 0.6) is 17.4 Å². The predicted octanol–water partition coefficient (Wildman–Crippen LogP) is 5.61. The van der Waals surface area contributed by atoms with Gasteiger partial charge >= 0.3 is 0 Å². The first-order valence-electron chi connectivity index (χ1n) is 17.8. The number of nitrogens with one attached hydrogen (secondary N) is 2. The topological polar surface area (TPSA) is 160 Å². The molecule has 2 saturated carbocycles. The number of benzene rings is 3. The van der Waals surface area contributed by atoms with Crippen molar-refractivity contribution < 1.29 is 33.8 Å². The standard InChI is InChI=1S/C40H39N5O7/c1-23(46)33-21-42-36(22-41-33)52-29-11-6-25(7-12-29)40(16-2-3-17-40)24-4-9-28(10-5-24)51-30-18-27(19-30)43-26-8-13-31-32(20-26)39(50)45(38(31)49)34-14-15-35(47)44-37(34)48/h4-13,20-23,27,30,34,43,46H,2-3,14-19H2,1H3,(H,44,47,48)/t23?,27-,30-,34?. The Morgan fingerprint density at radius 3 is 2.17 bits per heavy atom. The van der Waals surface area contributed by atoms with Crippen molar-refractivity contribution in [1.82, 2.24) is 20.2 Å². The summed E-state index contributed by atoms with van der Waals surface area (Å²) in [5.74, 6) is -0.197. The molecule has 0 bridgehead atoms. The number of hydrogen-bond acceptors (Lipinski definition) is 10. The van der Waals surface area contributed by atoms with E-state index in [4.69, 9.17) is 9.47 Å². The number of hydrogen-bond donors (Lipinski definition) is 3. The van der Waals surface area contributed by atoms with Crippen molar-refractivity contribution in [2.24, 2.45) is 0 Å². The largest absolute Gasteiger partial charge is 0.490 e. The average Bonchev–Trinajstić information content (AvgIpc) is 3.72. The lowest BCUT2D eigenvalue weighted by atomic mass is 9.73. The molecule has 3 N–H and O–H groups in total. The third kappa shape index (κ3) is 6.27. The zero-order valence-electron chi connectivity index (χ0n) is 28.7. The number of imide groups is 2. The molecule has 0 radical (unpaired) electrons. The minimum Gasteiger partial charge on any atom is -0.490 e. The maximum absolute atomic E-state index is 13.2. The van der Waals surface area contributed by atoms with Crippen LogP contribution in [0.25, 0.3) is 0 Å². The molecule has 4 amide bonds. The second-order valence-corrected chi connectivity index (χ2v) is 14.2. The minimum atomic E-state index is -0.987. The van der Waals surface area contributed by atoms with Crippen LogP contribution in [0, 0.1) is 0 Å². The number of aliphatic hydroxyl groups excluding tert-OH is 1. The van der Waals surface area contributed by atoms with Crippen LogP contribution in [0.15, 0.2) is 79.1 Å². The van der Waals surface area contributed by atoms with Crippen LogP contribution in [-0.2, 0) is 15.0 Å². The number of amides is 4. The van der Waals surface area contributed by atoms with Gasteiger partial charge in [0.2, 0.25) is 17.7 Å². The molecule has 8 rings (SSSR count). The maximum atomic E-state index is 13.2. The quantitative estimate of drug-likeness (QED) is 0.178. The third-order valence-corrected chi connectivity index (χ3v) is 10.8. The SMILES string of the molecule is CC(O)c1cnc(Oc2ccc(C3(c4ccc(O[C@H]5C[C@H](Nc6ccc7c(c6)C(=O)N(C6CCC(=O)NC6=O)C7=O)C5)cc4)CCCC3)cc2)cn1. The van der Waals surface area contributed by atoms with Crippen LogP contribution in [0.1, 0.15) is 102 Å². The molecule has 0 spiro atoms. The number of carbonyl (C=O) groups excluding carboxylic acids is 4. The number of anilines is 1. The monoisotopic (exact) mass is 701 g/mol. The number of aromatic nitrogens is 2. The molecule has 3 aromatic carbocycles. The number of carbonyl (C=O) groups is 4. The Kier molecular flexibility index (Phi) is 8.70. The van der Waals surface area contributed by atoms with E-state index in [9.17, 15) is 24.3 Å². The van der Waals surface area contributed by atoms with Crippen LogP contribution in [0.2, 0.25) is 0 Å². The van der Waals surface area contributed by atoms with Gasteiger partial charge in [-0.3, -0.25) is 34.4 Å². The van der Waals surface area contributed by atoms with E-state index in [1.54, 1.807) is 25.1 Å². The van der Waals surface area contributed by atoms with Gasteiger partial charge in [-0.25, -0.2) is 4.98 Å². The molecule has 3 fully saturated rings. The molecule has 1 aromatic heterocycles. The summed E-state index contributed by atoms with van der Waals surface area (Å²) in [4.78, 5) is 59.6. The van der Waals surface area contributed by atoms with Gasteiger partial charge in [0.25, 0.3) is 11.8 Å². The summed E-state index contributed by atoms with van der Waals surface area (Å²) in [6.07, 6.45) is 8.60. The van der Waals surface area contributed by atoms with Crippen molar-refractivity contribution in [3.8, 4) is 17.4 Å². The zero-order valence-corrected chi connectivity index (χ0v) is 28.7. The van der Waals surface area contributed by atoms with E-state index in [0.29, 0.717) is 17.3 Å². The number of fused-ring (bicyclic) bond motifs is 1. The van der Waals surface area contributed by atoms with E-state index in [-0.39, 0.29) is 41.5 Å². The first-order valence-corrected chi connectivity index (χ1v) is 17.8. The van der Waals surface area contributed by atoms with E-state index in [1.807, 2.05) is 12.1 Å². The van der Waals surface area contributed by atoms with Gasteiger partial charge in [-0.15, -0.1) is 0 Å². The molecule has 3 heterocycles. The Hall–Kier alpha value is -5.62. The normalized spacial score (nSPS) is 22.7. The van der Waals surface area contributed by atoms with Crippen LogP contribution >= 0.6 is 0 Å². The van der Waals surface area contributed by atoms with Crippen LogP contribution in [0.4, 0.5) is 5.69 Å². The van der Waals surface area contributed by atoms with Crippen LogP contribution in [-0.4, -0.2) is 61.8 Å². The molecule has 4 aliphatic rings. The lowest BCUT2D eigenvalue weighted by molar-refractivity contribution is -0.136. The fraction of sp³-hybridized carbons (Fsp3) is 0.350. The smallest absolute Gasteiger partial charge is 0.262 e. The molecule has 52 heavy (non-hydrogen) atoms. The molecule has 1 saturated heterocycles. The Morgan fingerprint density at radius 2 is 1.54 bits per heavy atom. The number of rotatable bonds is 10. The summed E-state index contributed by atoms with van der Waals surface area (Å²) >= 11 is 0. The van der Waals surface area contributed by atoms with Crippen molar-refractivity contribution in [3.05, 3.63) is 107 Å². The second kappa shape index (κ2) is 13.5. The molecule has 2 atom stereocenters. The van der Waals surface area contributed by atoms with Gasteiger partial charge in [-0.2, -0.15) is 0 Å². The fourth-order valence-corrected chi connectivity index (χ4v) is 7.90. The molecule has 4 aromatic rings. The van der Waals surface area contributed by atoms with Gasteiger partial charge in [0, 0.05) is 36.4 Å². The highest BCUT2D eigenvalue weighted by Crippen LogP contribution is 2.47. The first kappa shape index (κ1) is 33.5. The van der Waals surface area contributed by atoms with Gasteiger partial charge < -0.3 is 19.9 Å². The maximum Gasteiger partial charge on any atom is 0.262 e. The molecular weight excluding hydrogens is 662 g/mol. The summed E-state index contributed by atoms with van der Waals surface area (Å²) in [5, 5.41) is 15.3. The summed E-state index contributed by atoms with van der Waals surface area (Å²) in [6.45, 7) is 1.64. The molecule has 12 nitrogen and oxygen atoms in total. The molecule has 2 aliphatic carbocycles. The van der Waals surface area contributed by atoms with Crippen LogP contribution < -0.4 is 20.1 Å². The van der Waals surface area contributed by atoms with Gasteiger partial charge in [0.15, 0.2) is 0 Å². The highest BCUT2D eigenvalue weighted by atomic mass is 16.5. The fourth-order valence-electron chi connectivity index (χ4n) is 7.90. The van der Waals surface area contributed by atoms with Gasteiger partial charge in [0.1, 0.15) is 23.6 Å². The molecular formula is C40H39N5O7. The van der Waals surface area contributed by atoms with Gasteiger partial charge in [0.05, 0.1) is 35.3 Å². The predicted molar refractivity (Wildman–Crippen MR) is 189 cm³/mol. The molecule has 2 unspecified atom stereocenters. The highest BCUT2D eigenvalue weighted by Gasteiger charge is 2.45. The number of aliphatic hydroxyl groups is 1. The van der Waals surface area contributed by atoms with E-state index < -0.39 is 35.8 Å². The summed E-state index contributed by atoms with van der Waals surface area (Å²) in [7, 11) is 0. The van der Waals surface area contributed by atoms with Crippen molar-refractivity contribution in [1.29, 1.82) is 0 Å². The van der Waals surface area contributed by atoms with Crippen molar-refractivity contribution in [2.45, 2.75) is 88.0 Å². The van der Waals surface area contributed by atoms with E-state index in [1.165, 1.54) is 23.5 Å². The molecule has 266 valence electrons. The minimum absolute atomic E-state index is 0.0462. The van der Waals surface area contributed by atoms with E-state index >= 15 is 0 Å². The van der Waals surface area contributed by atoms with E-state index in [0.717, 1.165) is 54.9 Å². The zero-order chi connectivity index (χ0) is 36.0. The summed E-state index contributed by atoms with van der Waals surface area (Å²) in [5.41, 5.74) is 4.16. The highest BCUT2D eigenvalue weighted by molar-refractivity contribution is 6.23. The summed E-state index contributed by atoms with van der Waals surface area (Å²) < 4.78 is 12.2. The van der Waals surface area contributed by atoms with Gasteiger partial charge in [-0.05, 0) is 79.8 Å². The van der Waals surface area contributed by atoms with Crippen molar-refractivity contribution in [3.63, 3.8) is 0 Å². The first-order chi connectivity index (χ1) is 25.2. The van der Waals surface area contributed by atoms with Crippen molar-refractivity contribution in [2.75, 3.05) is 5.32 Å². The molecule has 2 aliphatic heterocycles. The Bertz CT molecular complexity index is 2020. The second-order valence-electron chi connectivity index (χ2n) is 14.2. The van der Waals surface area contributed by atoms with Crippen molar-refractivity contribution >= 4 is 29.3 Å². The third-order valence-electron chi connectivity index (χ3n) is 10.8.